The molecule has 3 rings (SSSR count). The molecule has 110 valence electrons. The predicted molar refractivity (Wildman–Crippen MR) is 55.2 cm³/mol. The van der Waals surface area contributed by atoms with E-state index < -0.39 is 54.4 Å². The average Bonchev–Trinajstić information content (AvgIpc) is 2.42. The van der Waals surface area contributed by atoms with Gasteiger partial charge in [-0.05, 0) is 13.8 Å². The Morgan fingerprint density at radius 2 is 1.75 bits per heavy atom. The fraction of sp³-hybridized carbons (Fsp3) is 0.727. The first-order chi connectivity index (χ1) is 9.14. The Labute approximate surface area is 112 Å². The maximum absolute atomic E-state index is 12.0. The van der Waals surface area contributed by atoms with E-state index in [1.165, 1.54) is 13.8 Å². The quantitative estimate of drug-likeness (QED) is 0.555. The molecular formula is C11H12O9. The van der Waals surface area contributed by atoms with Gasteiger partial charge in [-0.3, -0.25) is 14.3 Å². The lowest BCUT2D eigenvalue weighted by Crippen LogP contribution is -2.53. The molecule has 0 aromatic rings. The molecule has 2 bridgehead atoms. The van der Waals surface area contributed by atoms with E-state index >= 15 is 0 Å². The summed E-state index contributed by atoms with van der Waals surface area (Å²) in [4.78, 5) is 35.4. The van der Waals surface area contributed by atoms with Crippen molar-refractivity contribution in [2.75, 3.05) is 0 Å². The highest BCUT2D eigenvalue weighted by atomic mass is 17.0. The molecule has 3 atom stereocenters. The number of hydrogen-bond donors (Lipinski definition) is 1. The highest BCUT2D eigenvalue weighted by Gasteiger charge is 2.68. The number of hydrogen-bond acceptors (Lipinski definition) is 9. The second kappa shape index (κ2) is 3.68. The fourth-order valence-corrected chi connectivity index (χ4v) is 2.26. The lowest BCUT2D eigenvalue weighted by molar-refractivity contribution is -0.370. The molecular weight excluding hydrogens is 276 g/mol. The zero-order valence-corrected chi connectivity index (χ0v) is 10.7. The summed E-state index contributed by atoms with van der Waals surface area (Å²) in [6, 6.07) is 0. The molecule has 0 aromatic carbocycles. The van der Waals surface area contributed by atoms with Gasteiger partial charge in [-0.25, -0.2) is 4.79 Å². The van der Waals surface area contributed by atoms with Crippen LogP contribution in [-0.4, -0.2) is 46.7 Å². The first-order valence-electron chi connectivity index (χ1n) is 5.89. The summed E-state index contributed by atoms with van der Waals surface area (Å²) in [5, 5.41) is 10.1. The minimum atomic E-state index is -2.34. The van der Waals surface area contributed by atoms with E-state index in [2.05, 4.69) is 0 Å². The summed E-state index contributed by atoms with van der Waals surface area (Å²) in [6.07, 6.45) is -3.03. The summed E-state index contributed by atoms with van der Waals surface area (Å²) in [5.41, 5.74) is -2.33. The molecule has 3 saturated heterocycles. The minimum Gasteiger partial charge on any atom is -0.424 e. The monoisotopic (exact) mass is 288 g/mol. The number of esters is 3. The Hall–Kier alpha value is -1.71. The normalized spacial score (nSPS) is 42.8. The standard InChI is InChI=1S/C11H12O9/c1-9(2)19-8-11(20-9)17-6(13)4-10(15,7(14)18-11)3-5(12)16-8/h8,15H,3-4H2,1-2H3. The van der Waals surface area contributed by atoms with Crippen molar-refractivity contribution in [2.45, 2.75) is 50.3 Å². The van der Waals surface area contributed by atoms with Crippen molar-refractivity contribution in [1.29, 1.82) is 0 Å². The molecule has 20 heavy (non-hydrogen) atoms. The summed E-state index contributed by atoms with van der Waals surface area (Å²) in [7, 11) is 0. The van der Waals surface area contributed by atoms with Crippen LogP contribution in [0.15, 0.2) is 0 Å². The molecule has 1 spiro atoms. The smallest absolute Gasteiger partial charge is 0.424 e. The van der Waals surface area contributed by atoms with Crippen LogP contribution in [0, 0.1) is 0 Å². The Bertz CT molecular complexity index is 508. The summed E-state index contributed by atoms with van der Waals surface area (Å²) in [5.74, 6) is -6.76. The van der Waals surface area contributed by atoms with Gasteiger partial charge in [0.2, 0.25) is 0 Å². The number of carbonyl (C=O) groups is 3. The molecule has 9 nitrogen and oxygen atoms in total. The van der Waals surface area contributed by atoms with Crippen molar-refractivity contribution in [3.05, 3.63) is 0 Å². The summed E-state index contributed by atoms with van der Waals surface area (Å²) in [6.45, 7) is 2.92. The predicted octanol–water partition coefficient (Wildman–Crippen LogP) is -1.08. The van der Waals surface area contributed by atoms with E-state index in [1.54, 1.807) is 0 Å². The van der Waals surface area contributed by atoms with Gasteiger partial charge in [-0.1, -0.05) is 0 Å². The number of rotatable bonds is 0. The fourth-order valence-electron chi connectivity index (χ4n) is 2.26. The molecule has 3 fully saturated rings. The van der Waals surface area contributed by atoms with Crippen molar-refractivity contribution in [1.82, 2.24) is 0 Å². The first kappa shape index (κ1) is 13.3. The van der Waals surface area contributed by atoms with E-state index in [9.17, 15) is 19.5 Å². The molecule has 0 aliphatic carbocycles. The second-order valence-electron chi connectivity index (χ2n) is 5.29. The van der Waals surface area contributed by atoms with Crippen molar-refractivity contribution in [3.63, 3.8) is 0 Å². The van der Waals surface area contributed by atoms with E-state index in [0.29, 0.717) is 0 Å². The van der Waals surface area contributed by atoms with Crippen LogP contribution in [0.1, 0.15) is 26.7 Å². The second-order valence-corrected chi connectivity index (χ2v) is 5.29. The van der Waals surface area contributed by atoms with Crippen LogP contribution in [0.5, 0.6) is 0 Å². The highest BCUT2D eigenvalue weighted by Crippen LogP contribution is 2.44. The first-order valence-corrected chi connectivity index (χ1v) is 5.89. The van der Waals surface area contributed by atoms with Crippen LogP contribution in [0.4, 0.5) is 0 Å². The third-order valence-electron chi connectivity index (χ3n) is 3.05. The van der Waals surface area contributed by atoms with Crippen molar-refractivity contribution >= 4 is 17.9 Å². The Kier molecular flexibility index (Phi) is 2.45. The van der Waals surface area contributed by atoms with Crippen LogP contribution in [-0.2, 0) is 38.1 Å². The van der Waals surface area contributed by atoms with Crippen LogP contribution in [0.2, 0.25) is 0 Å². The van der Waals surface area contributed by atoms with Gasteiger partial charge in [0.15, 0.2) is 11.4 Å². The molecule has 0 aromatic heterocycles. The molecule has 3 aliphatic heterocycles. The van der Waals surface area contributed by atoms with Crippen molar-refractivity contribution < 1.29 is 43.2 Å². The van der Waals surface area contributed by atoms with Gasteiger partial charge in [0.25, 0.3) is 0 Å². The Balaban J connectivity index is 2.10. The van der Waals surface area contributed by atoms with Gasteiger partial charge in [-0.2, -0.15) is 0 Å². The number of ether oxygens (including phenoxy) is 5. The highest BCUT2D eigenvalue weighted by molar-refractivity contribution is 5.91. The van der Waals surface area contributed by atoms with E-state index in [-0.39, 0.29) is 0 Å². The number of carbonyl (C=O) groups excluding carboxylic acids is 3. The van der Waals surface area contributed by atoms with Crippen LogP contribution < -0.4 is 0 Å². The molecule has 0 radical (unpaired) electrons. The van der Waals surface area contributed by atoms with Gasteiger partial charge in [0.1, 0.15) is 0 Å². The molecule has 3 heterocycles. The average molecular weight is 288 g/mol. The maximum atomic E-state index is 12.0. The number of aliphatic hydroxyl groups is 1. The van der Waals surface area contributed by atoms with Crippen molar-refractivity contribution in [3.8, 4) is 0 Å². The van der Waals surface area contributed by atoms with E-state index in [1.807, 2.05) is 0 Å². The molecule has 0 amide bonds. The minimum absolute atomic E-state index is 0.737. The summed E-state index contributed by atoms with van der Waals surface area (Å²) >= 11 is 0. The lowest BCUT2D eigenvalue weighted by Gasteiger charge is -2.31. The van der Waals surface area contributed by atoms with Gasteiger partial charge < -0.3 is 24.1 Å². The van der Waals surface area contributed by atoms with Gasteiger partial charge in [0, 0.05) is 0 Å². The largest absolute Gasteiger partial charge is 0.445 e. The summed E-state index contributed by atoms with van der Waals surface area (Å²) < 4.78 is 25.3. The van der Waals surface area contributed by atoms with Crippen molar-refractivity contribution in [2.24, 2.45) is 0 Å². The maximum Gasteiger partial charge on any atom is 0.445 e. The van der Waals surface area contributed by atoms with Crippen LogP contribution in [0.3, 0.4) is 0 Å². The van der Waals surface area contributed by atoms with Crippen LogP contribution >= 0.6 is 0 Å². The topological polar surface area (TPSA) is 118 Å². The molecule has 1 N–H and O–H groups in total. The zero-order chi connectivity index (χ0) is 14.8. The van der Waals surface area contributed by atoms with Crippen LogP contribution in [0.25, 0.3) is 0 Å². The molecule has 3 aliphatic rings. The third kappa shape index (κ3) is 1.86. The van der Waals surface area contributed by atoms with Gasteiger partial charge >= 0.3 is 30.2 Å². The molecule has 9 heteroatoms. The SMILES string of the molecule is CC1(C)OC2OC(=O)CC3(O)CC(=O)OC2(OC3=O)O1. The zero-order valence-electron chi connectivity index (χ0n) is 10.7. The van der Waals surface area contributed by atoms with E-state index in [0.717, 1.165) is 0 Å². The Morgan fingerprint density at radius 3 is 2.45 bits per heavy atom. The Morgan fingerprint density at radius 1 is 1.10 bits per heavy atom. The molecule has 0 saturated carbocycles. The van der Waals surface area contributed by atoms with Gasteiger partial charge in [0.05, 0.1) is 12.8 Å². The molecule has 3 unspecified atom stereocenters. The van der Waals surface area contributed by atoms with E-state index in [4.69, 9.17) is 23.7 Å². The third-order valence-corrected chi connectivity index (χ3v) is 3.05. The number of fused-ring (bicyclic) bond motifs is 2. The lowest BCUT2D eigenvalue weighted by atomic mass is 9.96. The van der Waals surface area contributed by atoms with Gasteiger partial charge in [-0.15, -0.1) is 0 Å².